The normalized spacial score (nSPS) is 10.6. The van der Waals surface area contributed by atoms with Crippen molar-refractivity contribution in [2.75, 3.05) is 0 Å². The fourth-order valence-electron chi connectivity index (χ4n) is 2.64. The van der Waals surface area contributed by atoms with Gasteiger partial charge >= 0.3 is 0 Å². The third-order valence-electron chi connectivity index (χ3n) is 3.53. The molecule has 92 valence electrons. The molecule has 0 aromatic heterocycles. The first-order valence-corrected chi connectivity index (χ1v) is 6.34. The van der Waals surface area contributed by atoms with E-state index in [-0.39, 0.29) is 0 Å². The van der Waals surface area contributed by atoms with Crippen molar-refractivity contribution in [2.24, 2.45) is 0 Å². The summed E-state index contributed by atoms with van der Waals surface area (Å²) in [5.41, 5.74) is 4.04. The van der Waals surface area contributed by atoms with Crippen molar-refractivity contribution in [1.29, 1.82) is 0 Å². The third kappa shape index (κ3) is 1.93. The van der Waals surface area contributed by atoms with E-state index >= 15 is 0 Å². The van der Waals surface area contributed by atoms with Gasteiger partial charge in [0.15, 0.2) is 6.29 Å². The lowest BCUT2D eigenvalue weighted by atomic mass is 9.91. The Morgan fingerprint density at radius 1 is 0.895 bits per heavy atom. The van der Waals surface area contributed by atoms with E-state index in [4.69, 9.17) is 0 Å². The molecule has 0 N–H and O–H groups in total. The van der Waals surface area contributed by atoms with E-state index in [9.17, 15) is 4.79 Å². The molecule has 0 saturated carbocycles. The fraction of sp³-hybridized carbons (Fsp3) is 0.0556. The fourth-order valence-corrected chi connectivity index (χ4v) is 2.64. The van der Waals surface area contributed by atoms with Crippen LogP contribution in [0.3, 0.4) is 0 Å². The molecule has 1 nitrogen and oxygen atoms in total. The maximum atomic E-state index is 11.4. The maximum Gasteiger partial charge on any atom is 0.150 e. The standard InChI is InChI=1S/C18H14O/c1-13-17-10-6-5-9-15(17)11-16(12-19)18(13)14-7-3-2-4-8-14/h2-12H,1H3. The Labute approximate surface area is 112 Å². The molecule has 0 aliphatic heterocycles. The van der Waals surface area contributed by atoms with Crippen molar-refractivity contribution in [3.63, 3.8) is 0 Å². The van der Waals surface area contributed by atoms with Gasteiger partial charge in [0, 0.05) is 5.56 Å². The summed E-state index contributed by atoms with van der Waals surface area (Å²) in [4.78, 5) is 11.4. The second-order valence-electron chi connectivity index (χ2n) is 4.67. The molecule has 0 bridgehead atoms. The lowest BCUT2D eigenvalue weighted by Gasteiger charge is -2.12. The number of hydrogen-bond acceptors (Lipinski definition) is 1. The van der Waals surface area contributed by atoms with Gasteiger partial charge in [-0.25, -0.2) is 0 Å². The van der Waals surface area contributed by atoms with Crippen molar-refractivity contribution in [3.05, 3.63) is 71.8 Å². The molecule has 0 atom stereocenters. The average Bonchev–Trinajstić information content (AvgIpc) is 2.48. The highest BCUT2D eigenvalue weighted by Crippen LogP contribution is 2.32. The van der Waals surface area contributed by atoms with E-state index in [2.05, 4.69) is 13.0 Å². The summed E-state index contributed by atoms with van der Waals surface area (Å²) in [7, 11) is 0. The zero-order chi connectivity index (χ0) is 13.2. The van der Waals surface area contributed by atoms with Crippen LogP contribution < -0.4 is 0 Å². The van der Waals surface area contributed by atoms with Crippen LogP contribution >= 0.6 is 0 Å². The Bertz CT molecular complexity index is 742. The molecule has 3 rings (SSSR count). The second kappa shape index (κ2) is 4.69. The van der Waals surface area contributed by atoms with Crippen LogP contribution in [0.1, 0.15) is 15.9 Å². The van der Waals surface area contributed by atoms with Gasteiger partial charge in [-0.3, -0.25) is 4.79 Å². The zero-order valence-electron chi connectivity index (χ0n) is 10.8. The van der Waals surface area contributed by atoms with Gasteiger partial charge in [0.1, 0.15) is 0 Å². The van der Waals surface area contributed by atoms with Crippen LogP contribution in [0.2, 0.25) is 0 Å². The van der Waals surface area contributed by atoms with Gasteiger partial charge in [0.05, 0.1) is 0 Å². The number of carbonyl (C=O) groups excluding carboxylic acids is 1. The average molecular weight is 246 g/mol. The first-order chi connectivity index (χ1) is 9.31. The minimum absolute atomic E-state index is 0.752. The van der Waals surface area contributed by atoms with Gasteiger partial charge in [-0.05, 0) is 40.5 Å². The molecule has 3 aromatic rings. The van der Waals surface area contributed by atoms with Gasteiger partial charge in [0.2, 0.25) is 0 Å². The monoisotopic (exact) mass is 246 g/mol. The van der Waals surface area contributed by atoms with Crippen LogP contribution in [-0.4, -0.2) is 6.29 Å². The maximum absolute atomic E-state index is 11.4. The van der Waals surface area contributed by atoms with Crippen LogP contribution in [0.5, 0.6) is 0 Å². The smallest absolute Gasteiger partial charge is 0.150 e. The minimum atomic E-state index is 0.752. The number of carbonyl (C=O) groups is 1. The summed E-state index contributed by atoms with van der Waals surface area (Å²) in [6.45, 7) is 2.08. The van der Waals surface area contributed by atoms with Gasteiger partial charge < -0.3 is 0 Å². The molecule has 0 saturated heterocycles. The molecule has 0 spiro atoms. The van der Waals surface area contributed by atoms with E-state index in [0.29, 0.717) is 0 Å². The van der Waals surface area contributed by atoms with Crippen molar-refractivity contribution < 1.29 is 4.79 Å². The highest BCUT2D eigenvalue weighted by Gasteiger charge is 2.11. The lowest BCUT2D eigenvalue weighted by Crippen LogP contribution is -1.93. The number of hydrogen-bond donors (Lipinski definition) is 0. The Morgan fingerprint density at radius 2 is 1.58 bits per heavy atom. The summed E-state index contributed by atoms with van der Waals surface area (Å²) < 4.78 is 0. The molecule has 0 aliphatic rings. The van der Waals surface area contributed by atoms with E-state index in [1.165, 1.54) is 5.39 Å². The third-order valence-corrected chi connectivity index (χ3v) is 3.53. The lowest BCUT2D eigenvalue weighted by molar-refractivity contribution is 0.112. The molecule has 1 heteroatoms. The predicted molar refractivity (Wildman–Crippen MR) is 79.5 cm³/mol. The largest absolute Gasteiger partial charge is 0.298 e. The molecule has 3 aromatic carbocycles. The Balaban J connectivity index is 2.40. The molecule has 0 fully saturated rings. The molecule has 0 heterocycles. The molecular formula is C18H14O. The first kappa shape index (κ1) is 11.7. The Hall–Kier alpha value is -2.41. The highest BCUT2D eigenvalue weighted by molar-refractivity contribution is 6.00. The van der Waals surface area contributed by atoms with Crippen LogP contribution in [0.4, 0.5) is 0 Å². The molecule has 0 radical (unpaired) electrons. The van der Waals surface area contributed by atoms with E-state index in [1.54, 1.807) is 0 Å². The van der Waals surface area contributed by atoms with Crippen molar-refractivity contribution in [1.82, 2.24) is 0 Å². The van der Waals surface area contributed by atoms with Gasteiger partial charge in [-0.1, -0.05) is 54.6 Å². The Kier molecular flexibility index (Phi) is 2.88. The summed E-state index contributed by atoms with van der Waals surface area (Å²) in [6, 6.07) is 20.2. The van der Waals surface area contributed by atoms with E-state index < -0.39 is 0 Å². The number of aryl methyl sites for hydroxylation is 1. The topological polar surface area (TPSA) is 17.1 Å². The number of aldehydes is 1. The van der Waals surface area contributed by atoms with Crippen molar-refractivity contribution in [2.45, 2.75) is 6.92 Å². The van der Waals surface area contributed by atoms with Crippen LogP contribution in [0, 0.1) is 6.92 Å². The SMILES string of the molecule is Cc1c(-c2ccccc2)c(C=O)cc2ccccc12. The molecule has 0 amide bonds. The van der Waals surface area contributed by atoms with Crippen LogP contribution in [-0.2, 0) is 0 Å². The van der Waals surface area contributed by atoms with Crippen LogP contribution in [0.15, 0.2) is 60.7 Å². The Morgan fingerprint density at radius 3 is 2.32 bits per heavy atom. The minimum Gasteiger partial charge on any atom is -0.298 e. The van der Waals surface area contributed by atoms with E-state index in [1.807, 2.05) is 54.6 Å². The van der Waals surface area contributed by atoms with Gasteiger partial charge in [-0.2, -0.15) is 0 Å². The number of benzene rings is 3. The number of fused-ring (bicyclic) bond motifs is 1. The predicted octanol–water partition coefficient (Wildman–Crippen LogP) is 4.63. The van der Waals surface area contributed by atoms with Crippen molar-refractivity contribution in [3.8, 4) is 11.1 Å². The first-order valence-electron chi connectivity index (χ1n) is 6.34. The number of rotatable bonds is 2. The van der Waals surface area contributed by atoms with E-state index in [0.717, 1.165) is 33.9 Å². The summed E-state index contributed by atoms with van der Waals surface area (Å²) in [5.74, 6) is 0. The summed E-state index contributed by atoms with van der Waals surface area (Å²) >= 11 is 0. The second-order valence-corrected chi connectivity index (χ2v) is 4.67. The summed E-state index contributed by atoms with van der Waals surface area (Å²) in [6.07, 6.45) is 0.946. The summed E-state index contributed by atoms with van der Waals surface area (Å²) in [5, 5.41) is 2.31. The van der Waals surface area contributed by atoms with Crippen LogP contribution in [0.25, 0.3) is 21.9 Å². The van der Waals surface area contributed by atoms with Crippen molar-refractivity contribution >= 4 is 17.1 Å². The molecule has 0 aliphatic carbocycles. The quantitative estimate of drug-likeness (QED) is 0.602. The zero-order valence-corrected chi connectivity index (χ0v) is 10.8. The molecule has 0 unspecified atom stereocenters. The molecular weight excluding hydrogens is 232 g/mol. The molecule has 19 heavy (non-hydrogen) atoms. The highest BCUT2D eigenvalue weighted by atomic mass is 16.1. The van der Waals surface area contributed by atoms with Gasteiger partial charge in [0.25, 0.3) is 0 Å². The van der Waals surface area contributed by atoms with Gasteiger partial charge in [-0.15, -0.1) is 0 Å².